The molecule has 0 aliphatic rings. The second-order valence-corrected chi connectivity index (χ2v) is 11.0. The van der Waals surface area contributed by atoms with Crippen LogP contribution in [0.3, 0.4) is 0 Å². The largest absolute Gasteiger partial charge is 0.493 e. The predicted molar refractivity (Wildman–Crippen MR) is 167 cm³/mol. The zero-order valence-electron chi connectivity index (χ0n) is 23.8. The lowest BCUT2D eigenvalue weighted by molar-refractivity contribution is -0.114. The minimum absolute atomic E-state index is 0.0265. The third-order valence-corrected chi connectivity index (χ3v) is 7.58. The molecule has 4 aromatic rings. The smallest absolute Gasteiger partial charge is 0.272 e. The van der Waals surface area contributed by atoms with Gasteiger partial charge < -0.3 is 24.8 Å². The standard InChI is InChI=1S/C30H29N5O6S2/c1-18-34-35-30(43-18)33-25(36)17-42-22-13-11-21(12-14-22)31-29(38)23(32-28(37)19-8-6-5-7-9-19)16-20-10-15-24(39-2)27(41-4)26(20)40-3/h5-16H,17H2,1-4H3,(H,31,38)(H,32,37)(H,33,35,36)/b23-16+. The van der Waals surface area contributed by atoms with E-state index >= 15 is 0 Å². The highest BCUT2D eigenvalue weighted by Crippen LogP contribution is 2.40. The van der Waals surface area contributed by atoms with Crippen LogP contribution in [0.1, 0.15) is 20.9 Å². The van der Waals surface area contributed by atoms with E-state index in [1.165, 1.54) is 50.5 Å². The molecular weight excluding hydrogens is 590 g/mol. The first-order valence-electron chi connectivity index (χ1n) is 12.8. The number of thioether (sulfide) groups is 1. The Kier molecular flexibility index (Phi) is 10.7. The van der Waals surface area contributed by atoms with Crippen LogP contribution < -0.4 is 30.2 Å². The van der Waals surface area contributed by atoms with Crippen LogP contribution in [0.4, 0.5) is 10.8 Å². The molecule has 0 aliphatic heterocycles. The van der Waals surface area contributed by atoms with Crippen LogP contribution in [-0.4, -0.2) is 55.0 Å². The van der Waals surface area contributed by atoms with E-state index < -0.39 is 11.8 Å². The average Bonchev–Trinajstić information content (AvgIpc) is 3.44. The Labute approximate surface area is 256 Å². The summed E-state index contributed by atoms with van der Waals surface area (Å²) in [6, 6.07) is 18.9. The highest BCUT2D eigenvalue weighted by molar-refractivity contribution is 8.00. The van der Waals surface area contributed by atoms with Crippen molar-refractivity contribution >= 4 is 57.7 Å². The predicted octanol–water partition coefficient (Wildman–Crippen LogP) is 5.01. The van der Waals surface area contributed by atoms with Gasteiger partial charge in [0.2, 0.25) is 16.8 Å². The fraction of sp³-hybridized carbons (Fsp3) is 0.167. The fourth-order valence-electron chi connectivity index (χ4n) is 3.82. The van der Waals surface area contributed by atoms with Gasteiger partial charge in [0.05, 0.1) is 27.1 Å². The molecule has 0 fully saturated rings. The quantitative estimate of drug-likeness (QED) is 0.147. The van der Waals surface area contributed by atoms with Gasteiger partial charge in [-0.05, 0) is 61.5 Å². The van der Waals surface area contributed by atoms with E-state index in [-0.39, 0.29) is 17.4 Å². The number of methoxy groups -OCH3 is 3. The van der Waals surface area contributed by atoms with Crippen LogP contribution in [0.25, 0.3) is 6.08 Å². The number of nitrogens with zero attached hydrogens (tertiary/aromatic N) is 2. The third kappa shape index (κ3) is 8.33. The summed E-state index contributed by atoms with van der Waals surface area (Å²) in [7, 11) is 4.45. The van der Waals surface area contributed by atoms with E-state index in [2.05, 4.69) is 26.1 Å². The topological polar surface area (TPSA) is 141 Å². The van der Waals surface area contributed by atoms with Crippen LogP contribution >= 0.6 is 23.1 Å². The lowest BCUT2D eigenvalue weighted by atomic mass is 10.1. The minimum atomic E-state index is -0.562. The van der Waals surface area contributed by atoms with Crippen LogP contribution in [0.5, 0.6) is 17.2 Å². The summed E-state index contributed by atoms with van der Waals surface area (Å²) in [5.41, 5.74) is 1.32. The van der Waals surface area contributed by atoms with E-state index in [0.717, 1.165) is 9.90 Å². The van der Waals surface area contributed by atoms with Crippen molar-refractivity contribution in [3.05, 3.63) is 88.6 Å². The van der Waals surface area contributed by atoms with Gasteiger partial charge in [0, 0.05) is 21.7 Å². The summed E-state index contributed by atoms with van der Waals surface area (Å²) in [6.45, 7) is 1.81. The molecule has 4 rings (SSSR count). The molecule has 1 heterocycles. The maximum Gasteiger partial charge on any atom is 0.272 e. The molecule has 13 heteroatoms. The molecule has 11 nitrogen and oxygen atoms in total. The summed E-state index contributed by atoms with van der Waals surface area (Å²) in [6.07, 6.45) is 1.50. The summed E-state index contributed by atoms with van der Waals surface area (Å²) < 4.78 is 16.4. The Morgan fingerprint density at radius 3 is 2.21 bits per heavy atom. The number of ether oxygens (including phenoxy) is 3. The number of hydrogen-bond acceptors (Lipinski definition) is 10. The van der Waals surface area contributed by atoms with Crippen LogP contribution in [0.15, 0.2) is 77.3 Å². The summed E-state index contributed by atoms with van der Waals surface area (Å²) in [4.78, 5) is 39.5. The Bertz CT molecular complexity index is 1620. The Hall–Kier alpha value is -4.88. The van der Waals surface area contributed by atoms with E-state index in [1.807, 2.05) is 6.92 Å². The lowest BCUT2D eigenvalue weighted by Crippen LogP contribution is -2.30. The van der Waals surface area contributed by atoms with Gasteiger partial charge in [-0.2, -0.15) is 0 Å². The van der Waals surface area contributed by atoms with Crippen molar-refractivity contribution in [2.45, 2.75) is 11.8 Å². The number of benzene rings is 3. The molecule has 3 aromatic carbocycles. The van der Waals surface area contributed by atoms with Gasteiger partial charge >= 0.3 is 0 Å². The van der Waals surface area contributed by atoms with Crippen molar-refractivity contribution in [3.63, 3.8) is 0 Å². The zero-order valence-corrected chi connectivity index (χ0v) is 25.4. The molecule has 0 aliphatic carbocycles. The summed E-state index contributed by atoms with van der Waals surface area (Å²) >= 11 is 2.64. The Balaban J connectivity index is 1.51. The summed E-state index contributed by atoms with van der Waals surface area (Å²) in [5, 5.41) is 17.2. The van der Waals surface area contributed by atoms with E-state index in [9.17, 15) is 14.4 Å². The van der Waals surface area contributed by atoms with Gasteiger partial charge in [-0.15, -0.1) is 22.0 Å². The van der Waals surface area contributed by atoms with Crippen molar-refractivity contribution in [3.8, 4) is 17.2 Å². The van der Waals surface area contributed by atoms with Crippen molar-refractivity contribution in [2.75, 3.05) is 37.7 Å². The van der Waals surface area contributed by atoms with E-state index in [0.29, 0.717) is 39.2 Å². The number of carbonyl (C=O) groups is 3. The van der Waals surface area contributed by atoms with Gasteiger partial charge in [0.1, 0.15) is 10.7 Å². The van der Waals surface area contributed by atoms with Crippen LogP contribution in [0.2, 0.25) is 0 Å². The van der Waals surface area contributed by atoms with Crippen molar-refractivity contribution < 1.29 is 28.6 Å². The first-order valence-corrected chi connectivity index (χ1v) is 14.6. The highest BCUT2D eigenvalue weighted by Gasteiger charge is 2.19. The maximum atomic E-state index is 13.5. The maximum absolute atomic E-state index is 13.5. The van der Waals surface area contributed by atoms with E-state index in [1.54, 1.807) is 66.7 Å². The number of carbonyl (C=O) groups excluding carboxylic acids is 3. The Morgan fingerprint density at radius 2 is 1.58 bits per heavy atom. The summed E-state index contributed by atoms with van der Waals surface area (Å²) in [5.74, 6) is 0.0644. The molecule has 0 unspecified atom stereocenters. The first-order chi connectivity index (χ1) is 20.8. The molecule has 43 heavy (non-hydrogen) atoms. The number of rotatable bonds is 12. The molecule has 0 radical (unpaired) electrons. The molecule has 0 spiro atoms. The molecule has 222 valence electrons. The number of amides is 3. The first kappa shape index (κ1) is 31.1. The monoisotopic (exact) mass is 619 g/mol. The molecule has 3 N–H and O–H groups in total. The molecule has 0 saturated heterocycles. The molecule has 1 aromatic heterocycles. The number of nitrogens with one attached hydrogen (secondary N) is 3. The van der Waals surface area contributed by atoms with E-state index in [4.69, 9.17) is 14.2 Å². The van der Waals surface area contributed by atoms with Crippen molar-refractivity contribution in [1.29, 1.82) is 0 Å². The molecule has 0 bridgehead atoms. The molecule has 0 atom stereocenters. The lowest BCUT2D eigenvalue weighted by Gasteiger charge is -2.16. The van der Waals surface area contributed by atoms with Gasteiger partial charge in [-0.1, -0.05) is 29.5 Å². The molecule has 3 amide bonds. The normalized spacial score (nSPS) is 10.9. The molecule has 0 saturated carbocycles. The molecular formula is C30H29N5O6S2. The van der Waals surface area contributed by atoms with Gasteiger partial charge in [-0.3, -0.25) is 19.7 Å². The van der Waals surface area contributed by atoms with Crippen LogP contribution in [0, 0.1) is 6.92 Å². The third-order valence-electron chi connectivity index (χ3n) is 5.82. The minimum Gasteiger partial charge on any atom is -0.493 e. The van der Waals surface area contributed by atoms with Crippen molar-refractivity contribution in [1.82, 2.24) is 15.5 Å². The van der Waals surface area contributed by atoms with Gasteiger partial charge in [-0.25, -0.2) is 0 Å². The van der Waals surface area contributed by atoms with Gasteiger partial charge in [0.15, 0.2) is 11.5 Å². The second kappa shape index (κ2) is 14.8. The van der Waals surface area contributed by atoms with Crippen molar-refractivity contribution in [2.24, 2.45) is 0 Å². The highest BCUT2D eigenvalue weighted by atomic mass is 32.2. The number of hydrogen-bond donors (Lipinski definition) is 3. The Morgan fingerprint density at radius 1 is 0.860 bits per heavy atom. The fourth-order valence-corrected chi connectivity index (χ4v) is 5.13. The van der Waals surface area contributed by atoms with Crippen LogP contribution in [-0.2, 0) is 9.59 Å². The van der Waals surface area contributed by atoms with Gasteiger partial charge in [0.25, 0.3) is 11.8 Å². The SMILES string of the molecule is COc1ccc(/C=C(/NC(=O)c2ccccc2)C(=O)Nc2ccc(SCC(=O)Nc3nnc(C)s3)cc2)c(OC)c1OC. The number of aromatic nitrogens is 2. The number of anilines is 2. The second-order valence-electron chi connectivity index (χ2n) is 8.74. The number of aryl methyl sites for hydroxylation is 1. The average molecular weight is 620 g/mol. The zero-order chi connectivity index (χ0) is 30.8.